The SMILES string of the molecule is NNc1ncccc1S(=O)(=O)NCC(F)F. The van der Waals surface area contributed by atoms with Crippen LogP contribution >= 0.6 is 0 Å². The lowest BCUT2D eigenvalue weighted by Crippen LogP contribution is -2.29. The fourth-order valence-corrected chi connectivity index (χ4v) is 2.09. The number of nitrogens with two attached hydrogens (primary N) is 1. The molecule has 9 heteroatoms. The number of sulfonamides is 1. The molecule has 0 radical (unpaired) electrons. The molecule has 0 atom stereocenters. The van der Waals surface area contributed by atoms with Crippen LogP contribution in [-0.4, -0.2) is 26.4 Å². The van der Waals surface area contributed by atoms with Gasteiger partial charge in [0.15, 0.2) is 5.82 Å². The van der Waals surface area contributed by atoms with E-state index in [1.54, 1.807) is 4.72 Å². The van der Waals surface area contributed by atoms with Crippen molar-refractivity contribution in [3.63, 3.8) is 0 Å². The lowest BCUT2D eigenvalue weighted by atomic mass is 10.5. The number of nitrogens with zero attached hydrogens (tertiary/aromatic N) is 1. The zero-order valence-electron chi connectivity index (χ0n) is 8.02. The Hall–Kier alpha value is -1.32. The summed E-state index contributed by atoms with van der Waals surface area (Å²) >= 11 is 0. The Labute approximate surface area is 90.9 Å². The van der Waals surface area contributed by atoms with Crippen molar-refractivity contribution in [3.8, 4) is 0 Å². The molecule has 16 heavy (non-hydrogen) atoms. The molecule has 0 aliphatic heterocycles. The Morgan fingerprint density at radius 3 is 2.75 bits per heavy atom. The van der Waals surface area contributed by atoms with Gasteiger partial charge in [-0.05, 0) is 12.1 Å². The molecule has 6 nitrogen and oxygen atoms in total. The lowest BCUT2D eigenvalue weighted by Gasteiger charge is -2.09. The van der Waals surface area contributed by atoms with Crippen molar-refractivity contribution in [2.75, 3.05) is 12.0 Å². The zero-order valence-corrected chi connectivity index (χ0v) is 8.84. The molecule has 0 bridgehead atoms. The van der Waals surface area contributed by atoms with Crippen LogP contribution in [0.15, 0.2) is 23.2 Å². The van der Waals surface area contributed by atoms with E-state index in [1.807, 2.05) is 0 Å². The highest BCUT2D eigenvalue weighted by Crippen LogP contribution is 2.16. The van der Waals surface area contributed by atoms with Gasteiger partial charge in [0.2, 0.25) is 10.0 Å². The van der Waals surface area contributed by atoms with Gasteiger partial charge in [-0.1, -0.05) is 0 Å². The fraction of sp³-hybridized carbons (Fsp3) is 0.286. The number of hydrazine groups is 1. The van der Waals surface area contributed by atoms with Crippen LogP contribution in [0, 0.1) is 0 Å². The Morgan fingerprint density at radius 1 is 1.50 bits per heavy atom. The highest BCUT2D eigenvalue weighted by molar-refractivity contribution is 7.89. The number of aromatic nitrogens is 1. The third-order valence-corrected chi connectivity index (χ3v) is 3.08. The van der Waals surface area contributed by atoms with Crippen LogP contribution in [0.4, 0.5) is 14.6 Å². The van der Waals surface area contributed by atoms with Gasteiger partial charge in [0, 0.05) is 6.20 Å². The molecule has 0 saturated carbocycles. The van der Waals surface area contributed by atoms with Crippen LogP contribution in [0.25, 0.3) is 0 Å². The summed E-state index contributed by atoms with van der Waals surface area (Å²) in [5, 5.41) is 0. The number of hydrogen-bond acceptors (Lipinski definition) is 5. The topological polar surface area (TPSA) is 97.1 Å². The van der Waals surface area contributed by atoms with E-state index < -0.39 is 23.0 Å². The minimum atomic E-state index is -4.03. The number of rotatable bonds is 5. The molecule has 0 aliphatic rings. The molecule has 0 spiro atoms. The maximum absolute atomic E-state index is 11.9. The first-order valence-corrected chi connectivity index (χ1v) is 5.65. The molecule has 0 unspecified atom stereocenters. The molecular formula is C7H10F2N4O2S. The average Bonchev–Trinajstić information content (AvgIpc) is 2.26. The number of pyridine rings is 1. The molecular weight excluding hydrogens is 242 g/mol. The van der Waals surface area contributed by atoms with E-state index in [0.717, 1.165) is 0 Å². The van der Waals surface area contributed by atoms with Gasteiger partial charge >= 0.3 is 0 Å². The first-order valence-electron chi connectivity index (χ1n) is 4.17. The molecule has 0 fully saturated rings. The summed E-state index contributed by atoms with van der Waals surface area (Å²) in [4.78, 5) is 3.37. The van der Waals surface area contributed by atoms with Gasteiger partial charge in [-0.15, -0.1) is 0 Å². The molecule has 90 valence electrons. The lowest BCUT2D eigenvalue weighted by molar-refractivity contribution is 0.153. The van der Waals surface area contributed by atoms with Gasteiger partial charge in [-0.3, -0.25) is 0 Å². The van der Waals surface area contributed by atoms with E-state index in [1.165, 1.54) is 18.3 Å². The van der Waals surface area contributed by atoms with Crippen molar-refractivity contribution in [3.05, 3.63) is 18.3 Å². The second kappa shape index (κ2) is 5.14. The molecule has 4 N–H and O–H groups in total. The molecule has 1 aromatic rings. The highest BCUT2D eigenvalue weighted by Gasteiger charge is 2.20. The number of anilines is 1. The van der Waals surface area contributed by atoms with Crippen LogP contribution in [0.5, 0.6) is 0 Å². The minimum absolute atomic E-state index is 0.107. The van der Waals surface area contributed by atoms with Crippen LogP contribution in [-0.2, 0) is 10.0 Å². The molecule has 0 aromatic carbocycles. The maximum atomic E-state index is 11.9. The van der Waals surface area contributed by atoms with Crippen LogP contribution in [0.1, 0.15) is 0 Å². The summed E-state index contributed by atoms with van der Waals surface area (Å²) in [6.07, 6.45) is -1.44. The quantitative estimate of drug-likeness (QED) is 0.502. The fourth-order valence-electron chi connectivity index (χ4n) is 0.966. The van der Waals surface area contributed by atoms with Gasteiger partial charge in [-0.2, -0.15) is 0 Å². The number of alkyl halides is 2. The first-order chi connectivity index (χ1) is 7.47. The van der Waals surface area contributed by atoms with E-state index in [9.17, 15) is 17.2 Å². The van der Waals surface area contributed by atoms with Crippen molar-refractivity contribution in [1.29, 1.82) is 0 Å². The van der Waals surface area contributed by atoms with Crippen LogP contribution in [0.2, 0.25) is 0 Å². The Kier molecular flexibility index (Phi) is 4.10. The van der Waals surface area contributed by atoms with Crippen LogP contribution in [0.3, 0.4) is 0 Å². The van der Waals surface area contributed by atoms with Crippen LogP contribution < -0.4 is 16.0 Å². The zero-order chi connectivity index (χ0) is 12.2. The summed E-state index contributed by atoms with van der Waals surface area (Å²) in [6, 6.07) is 2.56. The standard InChI is InChI=1S/C7H10F2N4O2S/c8-6(9)4-12-16(14,15)5-2-1-3-11-7(5)13-10/h1-3,6,12H,4,10H2,(H,11,13). The Balaban J connectivity index is 2.98. The summed E-state index contributed by atoms with van der Waals surface area (Å²) in [5.41, 5.74) is 2.07. The molecule has 0 aliphatic carbocycles. The normalized spacial score (nSPS) is 11.8. The third-order valence-electron chi connectivity index (χ3n) is 1.62. The van der Waals surface area contributed by atoms with Gasteiger partial charge < -0.3 is 5.43 Å². The number of halogens is 2. The summed E-state index contributed by atoms with van der Waals surface area (Å²) in [5.74, 6) is 4.94. The summed E-state index contributed by atoms with van der Waals surface area (Å²) in [7, 11) is -4.03. The predicted molar refractivity (Wildman–Crippen MR) is 53.2 cm³/mol. The Bertz CT molecular complexity index is 451. The van der Waals surface area contributed by atoms with Gasteiger partial charge in [-0.25, -0.2) is 32.7 Å². The molecule has 1 heterocycles. The number of nitrogen functional groups attached to an aromatic ring is 1. The van der Waals surface area contributed by atoms with Gasteiger partial charge in [0.1, 0.15) is 4.90 Å². The predicted octanol–water partition coefficient (Wildman–Crippen LogP) is -0.0894. The number of nitrogens with one attached hydrogen (secondary N) is 2. The molecule has 0 amide bonds. The number of hydrogen-bond donors (Lipinski definition) is 3. The van der Waals surface area contributed by atoms with Crippen molar-refractivity contribution in [2.45, 2.75) is 11.3 Å². The third kappa shape index (κ3) is 3.08. The molecule has 0 saturated heterocycles. The summed E-state index contributed by atoms with van der Waals surface area (Å²) in [6.45, 7) is -0.957. The smallest absolute Gasteiger partial charge is 0.251 e. The van der Waals surface area contributed by atoms with Crippen molar-refractivity contribution >= 4 is 15.8 Å². The molecule has 1 aromatic heterocycles. The second-order valence-electron chi connectivity index (χ2n) is 2.74. The van der Waals surface area contributed by atoms with Crippen molar-refractivity contribution in [2.24, 2.45) is 5.84 Å². The highest BCUT2D eigenvalue weighted by atomic mass is 32.2. The second-order valence-corrected chi connectivity index (χ2v) is 4.47. The minimum Gasteiger partial charge on any atom is -0.307 e. The van der Waals surface area contributed by atoms with E-state index in [0.29, 0.717) is 0 Å². The van der Waals surface area contributed by atoms with E-state index in [4.69, 9.17) is 5.84 Å². The van der Waals surface area contributed by atoms with Gasteiger partial charge in [0.25, 0.3) is 6.43 Å². The van der Waals surface area contributed by atoms with E-state index in [2.05, 4.69) is 10.4 Å². The average molecular weight is 252 g/mol. The summed E-state index contributed by atoms with van der Waals surface area (Å²) < 4.78 is 48.6. The Morgan fingerprint density at radius 2 is 2.19 bits per heavy atom. The van der Waals surface area contributed by atoms with Crippen molar-refractivity contribution in [1.82, 2.24) is 9.71 Å². The maximum Gasteiger partial charge on any atom is 0.251 e. The first kappa shape index (κ1) is 12.7. The molecule has 1 rings (SSSR count). The van der Waals surface area contributed by atoms with Gasteiger partial charge in [0.05, 0.1) is 6.54 Å². The monoisotopic (exact) mass is 252 g/mol. The largest absolute Gasteiger partial charge is 0.307 e. The van der Waals surface area contributed by atoms with Crippen molar-refractivity contribution < 1.29 is 17.2 Å². The van der Waals surface area contributed by atoms with E-state index >= 15 is 0 Å². The van der Waals surface area contributed by atoms with E-state index in [-0.39, 0.29) is 10.7 Å².